The Labute approximate surface area is 77.6 Å². The first kappa shape index (κ1) is 8.84. The molecule has 14 heavy (non-hydrogen) atoms. The van der Waals surface area contributed by atoms with Crippen LogP contribution in [0.15, 0.2) is 12.7 Å². The lowest BCUT2D eigenvalue weighted by atomic mass is 10.5. The Morgan fingerprint density at radius 1 is 1.50 bits per heavy atom. The van der Waals surface area contributed by atoms with Crippen molar-refractivity contribution in [2.45, 2.75) is 0 Å². The number of imidazole rings is 1. The Morgan fingerprint density at radius 3 is 2.86 bits per heavy atom. The van der Waals surface area contributed by atoms with Gasteiger partial charge in [-0.25, -0.2) is 9.97 Å². The van der Waals surface area contributed by atoms with Gasteiger partial charge in [-0.2, -0.15) is 12.4 Å². The fourth-order valence-corrected chi connectivity index (χ4v) is 1.50. The molecule has 8 nitrogen and oxygen atoms in total. The van der Waals surface area contributed by atoms with Crippen molar-refractivity contribution < 1.29 is 13.0 Å². The zero-order valence-electron chi connectivity index (χ0n) is 6.67. The largest absolute Gasteiger partial charge is 0.366 e. The molecule has 0 saturated carbocycles. The number of aromatic nitrogens is 4. The molecular formula is C5H5N5O3S. The van der Waals surface area contributed by atoms with Crippen LogP contribution in [0.25, 0.3) is 11.2 Å². The van der Waals surface area contributed by atoms with Gasteiger partial charge in [0.05, 0.1) is 6.33 Å². The molecule has 0 amide bonds. The van der Waals surface area contributed by atoms with Gasteiger partial charge < -0.3 is 4.98 Å². The summed E-state index contributed by atoms with van der Waals surface area (Å²) in [6.45, 7) is 0. The summed E-state index contributed by atoms with van der Waals surface area (Å²) in [6, 6.07) is 0. The SMILES string of the molecule is N=c1c2[nH]cnc2ncn1S(=O)(=O)O. The van der Waals surface area contributed by atoms with Crippen LogP contribution in [0.5, 0.6) is 0 Å². The van der Waals surface area contributed by atoms with Crippen molar-refractivity contribution in [1.82, 2.24) is 18.9 Å². The van der Waals surface area contributed by atoms with E-state index in [4.69, 9.17) is 9.96 Å². The van der Waals surface area contributed by atoms with E-state index in [0.29, 0.717) is 3.97 Å². The van der Waals surface area contributed by atoms with Gasteiger partial charge in [0.2, 0.25) is 0 Å². The number of fused-ring (bicyclic) bond motifs is 1. The zero-order chi connectivity index (χ0) is 10.3. The smallest absolute Gasteiger partial charge is 0.340 e. The Morgan fingerprint density at radius 2 is 2.21 bits per heavy atom. The summed E-state index contributed by atoms with van der Waals surface area (Å²) in [6.07, 6.45) is 2.10. The molecule has 0 spiro atoms. The summed E-state index contributed by atoms with van der Waals surface area (Å²) < 4.78 is 30.5. The monoisotopic (exact) mass is 215 g/mol. The van der Waals surface area contributed by atoms with Crippen molar-refractivity contribution in [3.05, 3.63) is 18.1 Å². The molecule has 2 rings (SSSR count). The molecular weight excluding hydrogens is 210 g/mol. The van der Waals surface area contributed by atoms with E-state index in [2.05, 4.69) is 15.0 Å². The first-order chi connectivity index (χ1) is 6.50. The van der Waals surface area contributed by atoms with Gasteiger partial charge in [-0.15, -0.1) is 0 Å². The minimum absolute atomic E-state index is 0.144. The lowest BCUT2D eigenvalue weighted by molar-refractivity contribution is 0.469. The third-order valence-corrected chi connectivity index (χ3v) is 2.38. The second kappa shape index (κ2) is 2.62. The van der Waals surface area contributed by atoms with Crippen LogP contribution in [-0.2, 0) is 10.3 Å². The minimum Gasteiger partial charge on any atom is -0.340 e. The molecule has 74 valence electrons. The molecule has 0 fully saturated rings. The molecule has 0 saturated heterocycles. The topological polar surface area (TPSA) is 125 Å². The highest BCUT2D eigenvalue weighted by Gasteiger charge is 2.11. The number of rotatable bonds is 1. The summed E-state index contributed by atoms with van der Waals surface area (Å²) in [5.74, 6) is 0. The molecule has 0 aliphatic heterocycles. The third kappa shape index (κ3) is 1.18. The minimum atomic E-state index is -4.48. The van der Waals surface area contributed by atoms with Crippen LogP contribution in [-0.4, -0.2) is 31.9 Å². The summed E-state index contributed by atoms with van der Waals surface area (Å²) in [5, 5.41) is 7.42. The average Bonchev–Trinajstić information content (AvgIpc) is 2.50. The normalized spacial score (nSPS) is 12.1. The molecule has 2 aromatic rings. The first-order valence-electron chi connectivity index (χ1n) is 3.43. The molecule has 2 heterocycles. The Kier molecular flexibility index (Phi) is 1.66. The van der Waals surface area contributed by atoms with Gasteiger partial charge in [-0.1, -0.05) is 0 Å². The van der Waals surface area contributed by atoms with Crippen molar-refractivity contribution in [1.29, 1.82) is 5.41 Å². The lowest BCUT2D eigenvalue weighted by Crippen LogP contribution is -2.27. The summed E-state index contributed by atoms with van der Waals surface area (Å²) in [4.78, 5) is 9.90. The maximum absolute atomic E-state index is 10.7. The molecule has 0 radical (unpaired) electrons. The van der Waals surface area contributed by atoms with E-state index in [1.807, 2.05) is 0 Å². The number of hydrogen-bond donors (Lipinski definition) is 3. The van der Waals surface area contributed by atoms with Gasteiger partial charge in [-0.05, 0) is 0 Å². The van der Waals surface area contributed by atoms with Crippen molar-refractivity contribution in [2.24, 2.45) is 0 Å². The second-order valence-corrected chi connectivity index (χ2v) is 3.76. The van der Waals surface area contributed by atoms with E-state index < -0.39 is 15.8 Å². The van der Waals surface area contributed by atoms with Gasteiger partial charge >= 0.3 is 10.3 Å². The van der Waals surface area contributed by atoms with Crippen LogP contribution >= 0.6 is 0 Å². The van der Waals surface area contributed by atoms with E-state index in [-0.39, 0.29) is 11.2 Å². The van der Waals surface area contributed by atoms with E-state index >= 15 is 0 Å². The van der Waals surface area contributed by atoms with Gasteiger partial charge in [0, 0.05) is 0 Å². The van der Waals surface area contributed by atoms with Crippen LogP contribution in [0.3, 0.4) is 0 Å². The van der Waals surface area contributed by atoms with Crippen molar-refractivity contribution in [2.75, 3.05) is 0 Å². The molecule has 3 N–H and O–H groups in total. The fourth-order valence-electron chi connectivity index (χ4n) is 1.01. The van der Waals surface area contributed by atoms with Crippen LogP contribution in [0.4, 0.5) is 0 Å². The highest BCUT2D eigenvalue weighted by atomic mass is 32.2. The maximum atomic E-state index is 10.7. The Bertz CT molecular complexity index is 639. The van der Waals surface area contributed by atoms with Gasteiger partial charge in [0.1, 0.15) is 11.8 Å². The second-order valence-electron chi connectivity index (χ2n) is 2.47. The molecule has 0 unspecified atom stereocenters. The van der Waals surface area contributed by atoms with Crippen LogP contribution in [0.1, 0.15) is 0 Å². The van der Waals surface area contributed by atoms with E-state index in [9.17, 15) is 8.42 Å². The number of nitrogens with one attached hydrogen (secondary N) is 2. The van der Waals surface area contributed by atoms with Gasteiger partial charge in [0.25, 0.3) is 0 Å². The number of H-pyrrole nitrogens is 1. The molecule has 0 aromatic carbocycles. The summed E-state index contributed by atoms with van der Waals surface area (Å²) in [7, 11) is -4.48. The zero-order valence-corrected chi connectivity index (χ0v) is 7.48. The molecule has 0 bridgehead atoms. The number of hydrogen-bond acceptors (Lipinski definition) is 5. The van der Waals surface area contributed by atoms with Crippen LogP contribution in [0.2, 0.25) is 0 Å². The Balaban J connectivity index is 2.95. The van der Waals surface area contributed by atoms with Crippen molar-refractivity contribution in [3.63, 3.8) is 0 Å². The third-order valence-electron chi connectivity index (χ3n) is 1.61. The lowest BCUT2D eigenvalue weighted by Gasteiger charge is -2.00. The fraction of sp³-hybridized carbons (Fsp3) is 0. The quantitative estimate of drug-likeness (QED) is 0.520. The first-order valence-corrected chi connectivity index (χ1v) is 4.83. The van der Waals surface area contributed by atoms with Crippen LogP contribution < -0.4 is 5.49 Å². The Hall–Kier alpha value is -1.74. The predicted molar refractivity (Wildman–Crippen MR) is 44.7 cm³/mol. The summed E-state index contributed by atoms with van der Waals surface area (Å²) >= 11 is 0. The van der Waals surface area contributed by atoms with E-state index in [1.165, 1.54) is 6.33 Å². The van der Waals surface area contributed by atoms with Gasteiger partial charge in [0.15, 0.2) is 11.1 Å². The van der Waals surface area contributed by atoms with Gasteiger partial charge in [-0.3, -0.25) is 9.96 Å². The molecule has 0 aliphatic carbocycles. The highest BCUT2D eigenvalue weighted by molar-refractivity contribution is 7.84. The number of aromatic amines is 1. The molecule has 2 aromatic heterocycles. The summed E-state index contributed by atoms with van der Waals surface area (Å²) in [5.41, 5.74) is -0.0602. The molecule has 9 heteroatoms. The van der Waals surface area contributed by atoms with Crippen molar-refractivity contribution in [3.8, 4) is 0 Å². The van der Waals surface area contributed by atoms with Crippen molar-refractivity contribution >= 4 is 21.5 Å². The highest BCUT2D eigenvalue weighted by Crippen LogP contribution is 1.98. The maximum Gasteiger partial charge on any atom is 0.366 e. The van der Waals surface area contributed by atoms with E-state index in [1.54, 1.807) is 0 Å². The number of nitrogens with zero attached hydrogens (tertiary/aromatic N) is 3. The molecule has 0 atom stereocenters. The predicted octanol–water partition coefficient (Wildman–Crippen LogP) is -1.11. The standard InChI is InChI=1S/C5H5N5O3S/c6-4-3-5(8-1-7-3)9-2-10(4)14(11,12)13/h1-2,6H,(H,7,8)(H,11,12,13). The van der Waals surface area contributed by atoms with Crippen LogP contribution in [0, 0.1) is 5.41 Å². The van der Waals surface area contributed by atoms with E-state index in [0.717, 1.165) is 6.33 Å². The average molecular weight is 215 g/mol. The molecule has 0 aliphatic rings.